The molecule has 5 heterocycles. The summed E-state index contributed by atoms with van der Waals surface area (Å²) in [6.07, 6.45) is -1.83. The number of hydrogen-bond donors (Lipinski definition) is 5. The number of thiocarbonyl (C=S) groups is 1. The van der Waals surface area contributed by atoms with E-state index in [1.807, 2.05) is 19.2 Å². The van der Waals surface area contributed by atoms with Gasteiger partial charge in [0.05, 0.1) is 69.7 Å². The summed E-state index contributed by atoms with van der Waals surface area (Å²) in [5.41, 5.74) is 5.76. The van der Waals surface area contributed by atoms with Gasteiger partial charge < -0.3 is 50.5 Å². The van der Waals surface area contributed by atoms with Crippen LogP contribution in [0.4, 0.5) is 75.5 Å². The number of carbonyl (C=O) groups is 2. The first-order chi connectivity index (χ1) is 39.6. The number of benzene rings is 4. The summed E-state index contributed by atoms with van der Waals surface area (Å²) in [5.74, 6) is 0.996. The van der Waals surface area contributed by atoms with Crippen LogP contribution in [-0.2, 0) is 38.5 Å². The third-order valence-electron chi connectivity index (χ3n) is 13.1. The van der Waals surface area contributed by atoms with Gasteiger partial charge in [-0.1, -0.05) is 22.3 Å². The topological polar surface area (TPSA) is 208 Å². The van der Waals surface area contributed by atoms with Crippen LogP contribution in [0, 0.1) is 11.6 Å². The van der Waals surface area contributed by atoms with E-state index in [9.17, 15) is 44.7 Å². The van der Waals surface area contributed by atoms with Crippen LogP contribution in [-0.4, -0.2) is 119 Å². The summed E-state index contributed by atoms with van der Waals surface area (Å²) in [5, 5.41) is 13.1. The molecule has 0 atom stereocenters. The average Bonchev–Trinajstić information content (AvgIpc) is 2.07. The number of carbonyl (C=O) groups excluding carboxylic acids is 2. The monoisotopic (exact) mass is 1230 g/mol. The van der Waals surface area contributed by atoms with E-state index in [2.05, 4.69) is 63.2 Å². The zero-order valence-corrected chi connectivity index (χ0v) is 46.0. The Morgan fingerprint density at radius 2 is 1.14 bits per heavy atom. The number of amides is 2. The van der Waals surface area contributed by atoms with Crippen molar-refractivity contribution in [1.82, 2.24) is 29.3 Å². The summed E-state index contributed by atoms with van der Waals surface area (Å²) < 4.78 is 127. The molecule has 0 bridgehead atoms. The standard InChI is InChI=1S/C28H28F4N6O3.C20H27N5O3.C8H3F4NS.3CH4/c1-37-24-6-4-19(14-23(24)35-27(37)34-22-13-17(28(30,31)32)3-5-21(22)29)41-20-7-10-33-25(15-20)36-26(39)16-38-11-8-18(40-2)9-12-38;1-22-18-4-3-15(11-17(18)21)28-16-5-8-23-19(12-16)24-20(26)13-25-9-6-14(27-2)7-10-25;9-6-2-1-5(8(10,11)12)3-7(6)13-4-14;;;/h3-7,10,13-15,18H,8-9,11-12,16H2,1-2H3,(H,34,35)(H,33,36,39);3-5,8,11-12,14,22H,6-7,9-10,13,21H2,1-2H3,(H,23,24,26);1-3H;3*1H4. The van der Waals surface area contributed by atoms with Crippen LogP contribution in [0.1, 0.15) is 59.1 Å². The Balaban J connectivity index is 0.000000305. The van der Waals surface area contributed by atoms with E-state index in [1.54, 1.807) is 85.7 Å². The normalized spacial score (nSPS) is 13.8. The number of halogens is 8. The molecule has 6 N–H and O–H groups in total. The summed E-state index contributed by atoms with van der Waals surface area (Å²) >= 11 is 4.17. The molecule has 9 rings (SSSR count). The molecular formula is C59H70F8N12O6S. The fraction of sp³-hybridized carbons (Fsp3) is 0.356. The second-order valence-corrected chi connectivity index (χ2v) is 19.0. The highest BCUT2D eigenvalue weighted by Crippen LogP contribution is 2.36. The van der Waals surface area contributed by atoms with Gasteiger partial charge in [0.25, 0.3) is 0 Å². The lowest BCUT2D eigenvalue weighted by Crippen LogP contribution is -2.41. The molecule has 27 heteroatoms. The Kier molecular flexibility index (Phi) is 26.3. The number of methoxy groups -OCH3 is 2. The second kappa shape index (κ2) is 32.3. The van der Waals surface area contributed by atoms with Crippen LogP contribution in [0.25, 0.3) is 11.0 Å². The van der Waals surface area contributed by atoms with E-state index in [-0.39, 0.29) is 58.4 Å². The number of aryl methyl sites for hydroxylation is 1. The third-order valence-corrected chi connectivity index (χ3v) is 13.2. The molecule has 2 aliphatic rings. The number of likely N-dealkylation sites (tertiary alicyclic amines) is 2. The molecule has 4 aromatic carbocycles. The van der Waals surface area contributed by atoms with E-state index >= 15 is 0 Å². The number of imidazole rings is 1. The van der Waals surface area contributed by atoms with Gasteiger partial charge in [-0.3, -0.25) is 19.4 Å². The minimum atomic E-state index is -4.61. The SMILES string of the molecule is C.C.C.CNc1ccc(Oc2ccnc(NC(=O)CN3CCC(OC)CC3)c2)cc1N.COC1CCN(CC(=O)Nc2cc(Oc3ccc4c(c3)nc(Nc3cc(C(F)(F)F)ccc3F)n4C)ccn2)CC1.Fc1ccc(C(F)(F)F)cc1N=C=S. The lowest BCUT2D eigenvalue weighted by Gasteiger charge is -2.30. The Morgan fingerprint density at radius 1 is 0.663 bits per heavy atom. The predicted molar refractivity (Wildman–Crippen MR) is 321 cm³/mol. The predicted octanol–water partition coefficient (Wildman–Crippen LogP) is 13.7. The van der Waals surface area contributed by atoms with Crippen molar-refractivity contribution < 1.29 is 63.7 Å². The first-order valence-electron chi connectivity index (χ1n) is 25.6. The smallest absolute Gasteiger partial charge is 0.416 e. The number of rotatable bonds is 16. The van der Waals surface area contributed by atoms with Crippen molar-refractivity contribution in [3.8, 4) is 23.0 Å². The fourth-order valence-corrected chi connectivity index (χ4v) is 8.76. The highest BCUT2D eigenvalue weighted by molar-refractivity contribution is 7.78. The zero-order valence-electron chi connectivity index (χ0n) is 45.2. The first-order valence-corrected chi connectivity index (χ1v) is 26.0. The molecular weight excluding hydrogens is 1160 g/mol. The van der Waals surface area contributed by atoms with Crippen LogP contribution in [0.2, 0.25) is 0 Å². The number of nitrogen functional groups attached to an aromatic ring is 1. The van der Waals surface area contributed by atoms with Gasteiger partial charge in [0.2, 0.25) is 17.8 Å². The maximum atomic E-state index is 14.3. The Labute approximate surface area is 499 Å². The molecule has 0 saturated carbocycles. The number of fused-ring (bicyclic) bond motifs is 1. The molecule has 2 aliphatic heterocycles. The number of piperidine rings is 2. The van der Waals surface area contributed by atoms with Gasteiger partial charge in [0.1, 0.15) is 52.0 Å². The Morgan fingerprint density at radius 3 is 1.62 bits per heavy atom. The molecule has 0 radical (unpaired) electrons. The van der Waals surface area contributed by atoms with E-state index in [1.165, 1.54) is 6.20 Å². The number of aromatic nitrogens is 4. The number of pyridine rings is 2. The number of nitrogens with one attached hydrogen (secondary N) is 4. The van der Waals surface area contributed by atoms with Crippen LogP contribution in [0.5, 0.6) is 23.0 Å². The summed E-state index contributed by atoms with van der Waals surface area (Å²) in [6, 6.07) is 21.2. The van der Waals surface area contributed by atoms with Crippen molar-refractivity contribution in [3.63, 3.8) is 0 Å². The van der Waals surface area contributed by atoms with Crippen molar-refractivity contribution >= 4 is 80.6 Å². The van der Waals surface area contributed by atoms with Crippen molar-refractivity contribution in [2.75, 3.05) is 87.5 Å². The summed E-state index contributed by atoms with van der Waals surface area (Å²) in [6.45, 7) is 3.86. The number of nitrogens with two attached hydrogens (primary N) is 1. The molecule has 2 fully saturated rings. The van der Waals surface area contributed by atoms with Crippen molar-refractivity contribution in [2.45, 2.75) is 72.5 Å². The van der Waals surface area contributed by atoms with Crippen LogP contribution in [0.3, 0.4) is 0 Å². The minimum absolute atomic E-state index is 0. The van der Waals surface area contributed by atoms with E-state index in [4.69, 9.17) is 24.7 Å². The van der Waals surface area contributed by atoms with Gasteiger partial charge in [-0.05, 0) is 111 Å². The first kappa shape index (κ1) is 70.2. The molecule has 3 aromatic heterocycles. The van der Waals surface area contributed by atoms with Gasteiger partial charge in [0.15, 0.2) is 0 Å². The van der Waals surface area contributed by atoms with Crippen LogP contribution >= 0.6 is 12.2 Å². The van der Waals surface area contributed by atoms with Crippen LogP contribution in [0.15, 0.2) is 114 Å². The van der Waals surface area contributed by atoms with E-state index < -0.39 is 40.8 Å². The number of aliphatic imine (C=N–C) groups is 1. The number of ether oxygens (including phenoxy) is 4. The molecule has 0 aliphatic carbocycles. The highest BCUT2D eigenvalue weighted by Gasteiger charge is 2.32. The third kappa shape index (κ3) is 20.2. The minimum Gasteiger partial charge on any atom is -0.457 e. The molecule has 2 saturated heterocycles. The molecule has 0 spiro atoms. The molecule has 86 heavy (non-hydrogen) atoms. The average molecular weight is 1230 g/mol. The molecule has 2 amide bonds. The van der Waals surface area contributed by atoms with Crippen molar-refractivity contribution in [3.05, 3.63) is 132 Å². The van der Waals surface area contributed by atoms with Crippen LogP contribution < -0.4 is 36.5 Å². The largest absolute Gasteiger partial charge is 0.457 e. The highest BCUT2D eigenvalue weighted by atomic mass is 32.1. The van der Waals surface area contributed by atoms with E-state index in [0.29, 0.717) is 94.3 Å². The fourth-order valence-electron chi connectivity index (χ4n) is 8.66. The molecule has 7 aromatic rings. The lowest BCUT2D eigenvalue weighted by molar-refractivity contribution is -0.138. The Hall–Kier alpha value is -8.33. The van der Waals surface area contributed by atoms with Gasteiger partial charge >= 0.3 is 12.4 Å². The maximum Gasteiger partial charge on any atom is 0.416 e. The number of hydrogen-bond acceptors (Lipinski definition) is 16. The van der Waals surface area contributed by atoms with Crippen molar-refractivity contribution in [1.29, 1.82) is 0 Å². The lowest BCUT2D eigenvalue weighted by atomic mass is 10.1. The van der Waals surface area contributed by atoms with Crippen molar-refractivity contribution in [2.24, 2.45) is 12.0 Å². The number of anilines is 6. The maximum absolute atomic E-state index is 14.3. The number of alkyl halides is 6. The van der Waals surface area contributed by atoms with Gasteiger partial charge in [-0.2, -0.15) is 31.3 Å². The second-order valence-electron chi connectivity index (χ2n) is 18.8. The zero-order chi connectivity index (χ0) is 59.8. The number of isothiocyanates is 1. The van der Waals surface area contributed by atoms with Gasteiger partial charge in [0, 0.05) is 91.2 Å². The molecule has 18 nitrogen and oxygen atoms in total. The molecule has 0 unspecified atom stereocenters. The number of nitrogens with zero attached hydrogens (tertiary/aromatic N) is 7. The van der Waals surface area contributed by atoms with Gasteiger partial charge in [-0.15, -0.1) is 0 Å². The molecule has 464 valence electrons. The van der Waals surface area contributed by atoms with Gasteiger partial charge in [-0.25, -0.2) is 23.7 Å². The summed E-state index contributed by atoms with van der Waals surface area (Å²) in [7, 11) is 6.89. The summed E-state index contributed by atoms with van der Waals surface area (Å²) in [4.78, 5) is 45.0. The van der Waals surface area contributed by atoms with E-state index in [0.717, 1.165) is 63.6 Å². The Bertz CT molecular complexity index is 3410. The quantitative estimate of drug-likeness (QED) is 0.0264.